The standard InChI is InChI=1S/C20H16N6O3/c1-26(20(29)17-16(18(22)27)23-11-24-17)15-8-6-14(7-9-15)25-19(28)13-4-2-12(10-21)3-5-13/h2-9,11H,1H3,(H2,22,27)(H,23,24)(H,25,28). The Morgan fingerprint density at radius 1 is 1.10 bits per heavy atom. The Balaban J connectivity index is 1.71. The number of hydrogen-bond acceptors (Lipinski definition) is 5. The van der Waals surface area contributed by atoms with Crippen LogP contribution in [0.5, 0.6) is 0 Å². The molecule has 4 N–H and O–H groups in total. The number of nitrogens with one attached hydrogen (secondary N) is 2. The highest BCUT2D eigenvalue weighted by molar-refractivity contribution is 6.11. The number of aromatic amines is 1. The van der Waals surface area contributed by atoms with E-state index in [2.05, 4.69) is 15.3 Å². The van der Waals surface area contributed by atoms with Crippen molar-refractivity contribution in [2.75, 3.05) is 17.3 Å². The van der Waals surface area contributed by atoms with Crippen LogP contribution in [0.1, 0.15) is 36.9 Å². The predicted octanol–water partition coefficient (Wildman–Crippen LogP) is 1.91. The minimum Gasteiger partial charge on any atom is -0.364 e. The van der Waals surface area contributed by atoms with Crippen molar-refractivity contribution in [1.82, 2.24) is 9.97 Å². The molecule has 1 aromatic heterocycles. The number of anilines is 2. The fraction of sp³-hybridized carbons (Fsp3) is 0.0500. The second-order valence-corrected chi connectivity index (χ2v) is 6.04. The molecule has 3 rings (SSSR count). The van der Waals surface area contributed by atoms with Gasteiger partial charge >= 0.3 is 0 Å². The smallest absolute Gasteiger partial charge is 0.276 e. The second-order valence-electron chi connectivity index (χ2n) is 6.04. The van der Waals surface area contributed by atoms with Crippen LogP contribution in [0, 0.1) is 11.3 Å². The van der Waals surface area contributed by atoms with Gasteiger partial charge in [-0.2, -0.15) is 5.26 Å². The number of nitriles is 1. The average Bonchev–Trinajstić information content (AvgIpc) is 3.23. The molecule has 0 fully saturated rings. The van der Waals surface area contributed by atoms with Gasteiger partial charge in [-0.05, 0) is 48.5 Å². The van der Waals surface area contributed by atoms with Crippen LogP contribution in [0.3, 0.4) is 0 Å². The molecule has 144 valence electrons. The highest BCUT2D eigenvalue weighted by Gasteiger charge is 2.22. The number of H-pyrrole nitrogens is 1. The molecule has 29 heavy (non-hydrogen) atoms. The molecule has 0 aliphatic carbocycles. The molecule has 3 amide bonds. The van der Waals surface area contributed by atoms with Gasteiger partial charge in [-0.25, -0.2) is 4.98 Å². The fourth-order valence-corrected chi connectivity index (χ4v) is 2.60. The average molecular weight is 388 g/mol. The number of hydrogen-bond donors (Lipinski definition) is 3. The van der Waals surface area contributed by atoms with Crippen molar-refractivity contribution in [1.29, 1.82) is 5.26 Å². The summed E-state index contributed by atoms with van der Waals surface area (Å²) in [6.45, 7) is 0. The number of nitrogens with two attached hydrogens (primary N) is 1. The van der Waals surface area contributed by atoms with E-state index in [4.69, 9.17) is 11.0 Å². The summed E-state index contributed by atoms with van der Waals surface area (Å²) in [6, 6.07) is 14.8. The zero-order chi connectivity index (χ0) is 21.0. The Kier molecular flexibility index (Phi) is 5.37. The Hall–Kier alpha value is -4.45. The Labute approximate surface area is 165 Å². The van der Waals surface area contributed by atoms with Crippen molar-refractivity contribution in [3.63, 3.8) is 0 Å². The summed E-state index contributed by atoms with van der Waals surface area (Å²) in [5, 5.41) is 11.5. The fourth-order valence-electron chi connectivity index (χ4n) is 2.60. The number of benzene rings is 2. The van der Waals surface area contributed by atoms with E-state index in [0.717, 1.165) is 0 Å². The lowest BCUT2D eigenvalue weighted by molar-refractivity contribution is 0.0958. The number of imidazole rings is 1. The van der Waals surface area contributed by atoms with E-state index in [1.54, 1.807) is 48.5 Å². The van der Waals surface area contributed by atoms with Gasteiger partial charge in [-0.3, -0.25) is 14.4 Å². The third kappa shape index (κ3) is 4.12. The molecule has 3 aromatic rings. The molecule has 0 saturated heterocycles. The van der Waals surface area contributed by atoms with E-state index in [0.29, 0.717) is 22.5 Å². The number of carbonyl (C=O) groups excluding carboxylic acids is 3. The highest BCUT2D eigenvalue weighted by Crippen LogP contribution is 2.20. The molecule has 0 spiro atoms. The summed E-state index contributed by atoms with van der Waals surface area (Å²) >= 11 is 0. The van der Waals surface area contributed by atoms with E-state index in [1.165, 1.54) is 18.3 Å². The number of rotatable bonds is 5. The minimum atomic E-state index is -0.802. The van der Waals surface area contributed by atoms with Gasteiger partial charge in [0.2, 0.25) is 0 Å². The summed E-state index contributed by atoms with van der Waals surface area (Å²) in [5.74, 6) is -1.61. The lowest BCUT2D eigenvalue weighted by Gasteiger charge is -2.17. The van der Waals surface area contributed by atoms with Crippen LogP contribution in [-0.4, -0.2) is 34.7 Å². The van der Waals surface area contributed by atoms with Gasteiger partial charge < -0.3 is 20.9 Å². The van der Waals surface area contributed by atoms with Crippen molar-refractivity contribution in [3.05, 3.63) is 77.4 Å². The number of amides is 3. The van der Waals surface area contributed by atoms with Crippen molar-refractivity contribution in [2.45, 2.75) is 0 Å². The molecular formula is C20H16N6O3. The highest BCUT2D eigenvalue weighted by atomic mass is 16.2. The number of nitrogens with zero attached hydrogens (tertiary/aromatic N) is 3. The van der Waals surface area contributed by atoms with E-state index in [9.17, 15) is 14.4 Å². The zero-order valence-corrected chi connectivity index (χ0v) is 15.3. The molecule has 9 heteroatoms. The van der Waals surface area contributed by atoms with Crippen LogP contribution in [0.15, 0.2) is 54.9 Å². The van der Waals surface area contributed by atoms with Gasteiger partial charge in [0.25, 0.3) is 17.7 Å². The SMILES string of the molecule is CN(C(=O)c1[nH]cnc1C(N)=O)c1ccc(NC(=O)c2ccc(C#N)cc2)cc1. The van der Waals surface area contributed by atoms with Crippen molar-refractivity contribution in [3.8, 4) is 6.07 Å². The topological polar surface area (TPSA) is 145 Å². The Bertz CT molecular complexity index is 1110. The van der Waals surface area contributed by atoms with Gasteiger partial charge in [0.05, 0.1) is 18.0 Å². The molecule has 2 aromatic carbocycles. The minimum absolute atomic E-state index is 0.00167. The van der Waals surface area contributed by atoms with Crippen LogP contribution < -0.4 is 16.0 Å². The third-order valence-corrected chi connectivity index (χ3v) is 4.18. The first-order valence-corrected chi connectivity index (χ1v) is 8.43. The molecule has 0 aliphatic heterocycles. The van der Waals surface area contributed by atoms with Crippen LogP contribution in [0.25, 0.3) is 0 Å². The molecule has 0 saturated carbocycles. The normalized spacial score (nSPS) is 10.1. The predicted molar refractivity (Wildman–Crippen MR) is 105 cm³/mol. The van der Waals surface area contributed by atoms with E-state index < -0.39 is 11.8 Å². The summed E-state index contributed by atoms with van der Waals surface area (Å²) in [6.07, 6.45) is 1.23. The van der Waals surface area contributed by atoms with E-state index in [1.807, 2.05) is 6.07 Å². The van der Waals surface area contributed by atoms with Gasteiger partial charge in [-0.15, -0.1) is 0 Å². The van der Waals surface area contributed by atoms with Crippen LogP contribution in [0.2, 0.25) is 0 Å². The van der Waals surface area contributed by atoms with E-state index in [-0.39, 0.29) is 17.3 Å². The molecule has 0 bridgehead atoms. The first-order valence-electron chi connectivity index (χ1n) is 8.43. The summed E-state index contributed by atoms with van der Waals surface area (Å²) in [5.41, 5.74) is 7.04. The molecular weight excluding hydrogens is 372 g/mol. The Morgan fingerprint density at radius 2 is 1.76 bits per heavy atom. The van der Waals surface area contributed by atoms with E-state index >= 15 is 0 Å². The number of aromatic nitrogens is 2. The molecule has 0 atom stereocenters. The summed E-state index contributed by atoms with van der Waals surface area (Å²) in [4.78, 5) is 43.9. The molecule has 1 heterocycles. The number of carbonyl (C=O) groups is 3. The molecule has 0 radical (unpaired) electrons. The van der Waals surface area contributed by atoms with Gasteiger partial charge in [0.15, 0.2) is 5.69 Å². The lowest BCUT2D eigenvalue weighted by atomic mass is 10.1. The molecule has 9 nitrogen and oxygen atoms in total. The number of primary amides is 1. The summed E-state index contributed by atoms with van der Waals surface area (Å²) in [7, 11) is 1.54. The van der Waals surface area contributed by atoms with Gasteiger partial charge in [0.1, 0.15) is 5.69 Å². The maximum Gasteiger partial charge on any atom is 0.276 e. The van der Waals surface area contributed by atoms with Crippen LogP contribution in [0.4, 0.5) is 11.4 Å². The maximum atomic E-state index is 12.6. The van der Waals surface area contributed by atoms with Gasteiger partial charge in [0, 0.05) is 24.0 Å². The second kappa shape index (κ2) is 8.06. The van der Waals surface area contributed by atoms with Crippen molar-refractivity contribution in [2.24, 2.45) is 5.73 Å². The lowest BCUT2D eigenvalue weighted by Crippen LogP contribution is -2.29. The van der Waals surface area contributed by atoms with Crippen LogP contribution in [-0.2, 0) is 0 Å². The van der Waals surface area contributed by atoms with Crippen LogP contribution >= 0.6 is 0 Å². The zero-order valence-electron chi connectivity index (χ0n) is 15.3. The Morgan fingerprint density at radius 3 is 2.34 bits per heavy atom. The quantitative estimate of drug-likeness (QED) is 0.611. The largest absolute Gasteiger partial charge is 0.364 e. The molecule has 0 unspecified atom stereocenters. The van der Waals surface area contributed by atoms with Gasteiger partial charge in [-0.1, -0.05) is 0 Å². The first kappa shape index (κ1) is 19.3. The monoisotopic (exact) mass is 388 g/mol. The maximum absolute atomic E-state index is 12.6. The first-order chi connectivity index (χ1) is 13.9. The molecule has 0 aliphatic rings. The summed E-state index contributed by atoms with van der Waals surface area (Å²) < 4.78 is 0. The van der Waals surface area contributed by atoms with Crippen molar-refractivity contribution < 1.29 is 14.4 Å². The third-order valence-electron chi connectivity index (χ3n) is 4.18. The van der Waals surface area contributed by atoms with Crippen molar-refractivity contribution >= 4 is 29.1 Å².